The highest BCUT2D eigenvalue weighted by Crippen LogP contribution is 2.29. The zero-order valence-corrected chi connectivity index (χ0v) is 15.9. The molecule has 0 radical (unpaired) electrons. The fourth-order valence-electron chi connectivity index (χ4n) is 2.96. The number of benzene rings is 2. The summed E-state index contributed by atoms with van der Waals surface area (Å²) in [5.41, 5.74) is 2.13. The van der Waals surface area contributed by atoms with Crippen LogP contribution in [0.5, 0.6) is 5.75 Å². The van der Waals surface area contributed by atoms with Crippen LogP contribution in [0.1, 0.15) is 37.0 Å². The van der Waals surface area contributed by atoms with E-state index in [1.807, 2.05) is 49.4 Å². The molecule has 0 aliphatic carbocycles. The van der Waals surface area contributed by atoms with Gasteiger partial charge in [0.05, 0.1) is 18.9 Å². The van der Waals surface area contributed by atoms with Crippen molar-refractivity contribution in [3.8, 4) is 28.5 Å². The Morgan fingerprint density at radius 1 is 1.19 bits per heavy atom. The fourth-order valence-corrected chi connectivity index (χ4v) is 2.96. The number of methoxy groups -OCH3 is 1. The van der Waals surface area contributed by atoms with Gasteiger partial charge in [-0.3, -0.25) is 4.79 Å². The zero-order chi connectivity index (χ0) is 19.2. The van der Waals surface area contributed by atoms with E-state index in [0.29, 0.717) is 22.8 Å². The molecule has 1 heterocycles. The van der Waals surface area contributed by atoms with E-state index in [9.17, 15) is 4.79 Å². The van der Waals surface area contributed by atoms with Gasteiger partial charge in [-0.1, -0.05) is 25.5 Å². The summed E-state index contributed by atoms with van der Waals surface area (Å²) in [5.74, 6) is 1.73. The smallest absolute Gasteiger partial charge is 0.252 e. The standard InChI is InChI=1S/C22H24N2O3/c1-4-7-15(2)24-21(25)18-8-5-6-9-19(18)22-23-14-20(27-22)16-10-12-17(26-3)13-11-16/h5-6,8-15H,4,7H2,1-3H3,(H,24,25)/t15-/m0/s1. The van der Waals surface area contributed by atoms with Crippen LogP contribution in [-0.2, 0) is 0 Å². The van der Waals surface area contributed by atoms with Crippen molar-refractivity contribution in [3.63, 3.8) is 0 Å². The summed E-state index contributed by atoms with van der Waals surface area (Å²) < 4.78 is 11.1. The van der Waals surface area contributed by atoms with Gasteiger partial charge in [-0.05, 0) is 49.7 Å². The first-order valence-corrected chi connectivity index (χ1v) is 9.13. The summed E-state index contributed by atoms with van der Waals surface area (Å²) in [7, 11) is 1.63. The van der Waals surface area contributed by atoms with Gasteiger partial charge in [0.25, 0.3) is 5.91 Å². The zero-order valence-electron chi connectivity index (χ0n) is 15.9. The number of rotatable bonds is 7. The number of nitrogens with one attached hydrogen (secondary N) is 1. The predicted molar refractivity (Wildman–Crippen MR) is 106 cm³/mol. The molecule has 0 aliphatic heterocycles. The maximum Gasteiger partial charge on any atom is 0.252 e. The molecule has 5 nitrogen and oxygen atoms in total. The SMILES string of the molecule is CCC[C@H](C)NC(=O)c1ccccc1-c1ncc(-c2ccc(OC)cc2)o1. The Morgan fingerprint density at radius 3 is 2.63 bits per heavy atom. The number of amides is 1. The van der Waals surface area contributed by atoms with Crippen LogP contribution in [0.3, 0.4) is 0 Å². The molecule has 0 saturated carbocycles. The summed E-state index contributed by atoms with van der Waals surface area (Å²) in [6, 6.07) is 15.0. The van der Waals surface area contributed by atoms with E-state index < -0.39 is 0 Å². The molecular formula is C22H24N2O3. The van der Waals surface area contributed by atoms with Gasteiger partial charge in [0.1, 0.15) is 5.75 Å². The van der Waals surface area contributed by atoms with E-state index >= 15 is 0 Å². The molecule has 1 N–H and O–H groups in total. The van der Waals surface area contributed by atoms with E-state index in [0.717, 1.165) is 24.2 Å². The quantitative estimate of drug-likeness (QED) is 0.645. The van der Waals surface area contributed by atoms with Crippen LogP contribution in [-0.4, -0.2) is 24.0 Å². The van der Waals surface area contributed by atoms with Crippen molar-refractivity contribution in [2.75, 3.05) is 7.11 Å². The Bertz CT molecular complexity index is 900. The highest BCUT2D eigenvalue weighted by molar-refractivity contribution is 6.00. The normalized spacial score (nSPS) is 11.8. The average molecular weight is 364 g/mol. The Balaban J connectivity index is 1.87. The highest BCUT2D eigenvalue weighted by Gasteiger charge is 2.18. The molecule has 5 heteroatoms. The molecule has 1 amide bonds. The molecule has 1 aromatic heterocycles. The lowest BCUT2D eigenvalue weighted by molar-refractivity contribution is 0.0938. The first kappa shape index (κ1) is 18.7. The number of aromatic nitrogens is 1. The van der Waals surface area contributed by atoms with Crippen molar-refractivity contribution in [2.45, 2.75) is 32.7 Å². The number of hydrogen-bond acceptors (Lipinski definition) is 4. The molecular weight excluding hydrogens is 340 g/mol. The van der Waals surface area contributed by atoms with Gasteiger partial charge in [-0.25, -0.2) is 4.98 Å². The summed E-state index contributed by atoms with van der Waals surface area (Å²) in [4.78, 5) is 17.1. The molecule has 3 rings (SSSR count). The van der Waals surface area contributed by atoms with Gasteiger partial charge >= 0.3 is 0 Å². The van der Waals surface area contributed by atoms with E-state index in [2.05, 4.69) is 17.2 Å². The summed E-state index contributed by atoms with van der Waals surface area (Å²) in [6.45, 7) is 4.11. The van der Waals surface area contributed by atoms with Crippen LogP contribution < -0.4 is 10.1 Å². The van der Waals surface area contributed by atoms with Gasteiger partial charge < -0.3 is 14.5 Å². The number of hydrogen-bond donors (Lipinski definition) is 1. The topological polar surface area (TPSA) is 64.4 Å². The molecule has 3 aromatic rings. The van der Waals surface area contributed by atoms with Crippen LogP contribution in [0.2, 0.25) is 0 Å². The lowest BCUT2D eigenvalue weighted by Gasteiger charge is -2.14. The van der Waals surface area contributed by atoms with Crippen molar-refractivity contribution in [2.24, 2.45) is 0 Å². The number of oxazole rings is 1. The number of carbonyl (C=O) groups excluding carboxylic acids is 1. The molecule has 140 valence electrons. The van der Waals surface area contributed by atoms with Crippen LogP contribution >= 0.6 is 0 Å². The third-order valence-corrected chi connectivity index (χ3v) is 4.38. The third-order valence-electron chi connectivity index (χ3n) is 4.38. The predicted octanol–water partition coefficient (Wildman–Crippen LogP) is 4.94. The van der Waals surface area contributed by atoms with E-state index in [1.165, 1.54) is 0 Å². The number of nitrogens with zero attached hydrogens (tertiary/aromatic N) is 1. The Kier molecular flexibility index (Phi) is 5.91. The Labute approximate surface area is 159 Å². The summed E-state index contributed by atoms with van der Waals surface area (Å²) >= 11 is 0. The second-order valence-corrected chi connectivity index (χ2v) is 6.47. The minimum absolute atomic E-state index is 0.115. The number of carbonyl (C=O) groups is 1. The van der Waals surface area contributed by atoms with Gasteiger partial charge in [0.2, 0.25) is 5.89 Å². The monoisotopic (exact) mass is 364 g/mol. The first-order chi connectivity index (χ1) is 13.1. The van der Waals surface area contributed by atoms with Crippen molar-refractivity contribution >= 4 is 5.91 Å². The van der Waals surface area contributed by atoms with E-state index in [1.54, 1.807) is 19.4 Å². The third kappa shape index (κ3) is 4.37. The largest absolute Gasteiger partial charge is 0.497 e. The highest BCUT2D eigenvalue weighted by atomic mass is 16.5. The van der Waals surface area contributed by atoms with Gasteiger partial charge in [-0.15, -0.1) is 0 Å². The minimum Gasteiger partial charge on any atom is -0.497 e. The average Bonchev–Trinajstić information content (AvgIpc) is 3.18. The second kappa shape index (κ2) is 8.54. The van der Waals surface area contributed by atoms with Crippen molar-refractivity contribution in [3.05, 3.63) is 60.3 Å². The molecule has 0 aliphatic rings. The van der Waals surface area contributed by atoms with Crippen molar-refractivity contribution < 1.29 is 13.9 Å². The molecule has 0 fully saturated rings. The van der Waals surface area contributed by atoms with Gasteiger partial charge in [-0.2, -0.15) is 0 Å². The Hall–Kier alpha value is -3.08. The maximum absolute atomic E-state index is 12.7. The number of ether oxygens (including phenoxy) is 1. The molecule has 27 heavy (non-hydrogen) atoms. The minimum atomic E-state index is -0.115. The lowest BCUT2D eigenvalue weighted by atomic mass is 10.1. The Morgan fingerprint density at radius 2 is 1.93 bits per heavy atom. The van der Waals surface area contributed by atoms with Gasteiger partial charge in [0.15, 0.2) is 5.76 Å². The summed E-state index contributed by atoms with van der Waals surface area (Å²) in [6.07, 6.45) is 3.63. The second-order valence-electron chi connectivity index (χ2n) is 6.47. The van der Waals surface area contributed by atoms with Crippen molar-refractivity contribution in [1.82, 2.24) is 10.3 Å². The summed E-state index contributed by atoms with van der Waals surface area (Å²) in [5, 5.41) is 3.04. The fraction of sp³-hybridized carbons (Fsp3) is 0.273. The molecule has 0 unspecified atom stereocenters. The molecule has 2 aromatic carbocycles. The molecule has 1 atom stereocenters. The van der Waals surface area contributed by atoms with Crippen molar-refractivity contribution in [1.29, 1.82) is 0 Å². The maximum atomic E-state index is 12.7. The molecule has 0 bridgehead atoms. The van der Waals surface area contributed by atoms with Crippen LogP contribution in [0.25, 0.3) is 22.8 Å². The van der Waals surface area contributed by atoms with E-state index in [-0.39, 0.29) is 11.9 Å². The van der Waals surface area contributed by atoms with E-state index in [4.69, 9.17) is 9.15 Å². The van der Waals surface area contributed by atoms with Gasteiger partial charge in [0, 0.05) is 17.2 Å². The first-order valence-electron chi connectivity index (χ1n) is 9.13. The lowest BCUT2D eigenvalue weighted by Crippen LogP contribution is -2.32. The van der Waals surface area contributed by atoms with Crippen LogP contribution in [0.4, 0.5) is 0 Å². The van der Waals surface area contributed by atoms with Crippen LogP contribution in [0.15, 0.2) is 59.1 Å². The molecule has 0 saturated heterocycles. The van der Waals surface area contributed by atoms with Crippen LogP contribution in [0, 0.1) is 0 Å². The molecule has 0 spiro atoms.